The minimum atomic E-state index is -0.527. The van der Waals surface area contributed by atoms with E-state index in [0.29, 0.717) is 19.1 Å². The number of ether oxygens (including phenoxy) is 2. The Bertz CT molecular complexity index is 718. The van der Waals surface area contributed by atoms with Crippen LogP contribution in [-0.2, 0) is 22.4 Å². The van der Waals surface area contributed by atoms with E-state index in [1.165, 1.54) is 5.56 Å². The molecule has 0 N–H and O–H groups in total. The molecule has 0 saturated carbocycles. The van der Waals surface area contributed by atoms with Gasteiger partial charge < -0.3 is 9.47 Å². The van der Waals surface area contributed by atoms with E-state index in [2.05, 4.69) is 44.8 Å². The third-order valence-electron chi connectivity index (χ3n) is 4.00. The second kappa shape index (κ2) is 7.52. The Balaban J connectivity index is 2.17. The highest BCUT2D eigenvalue weighted by Crippen LogP contribution is 2.27. The first kappa shape index (κ1) is 19.4. The molecule has 136 valence electrons. The van der Waals surface area contributed by atoms with Gasteiger partial charge in [-0.2, -0.15) is 0 Å². The van der Waals surface area contributed by atoms with Gasteiger partial charge in [-0.3, -0.25) is 4.98 Å². The summed E-state index contributed by atoms with van der Waals surface area (Å²) in [5, 5.41) is 0. The van der Waals surface area contributed by atoms with E-state index >= 15 is 0 Å². The molecule has 0 aliphatic carbocycles. The summed E-state index contributed by atoms with van der Waals surface area (Å²) in [5.74, 6) is 0.625. The number of hydrogen-bond donors (Lipinski definition) is 0. The van der Waals surface area contributed by atoms with Crippen molar-refractivity contribution in [3.05, 3.63) is 53.0 Å². The Morgan fingerprint density at radius 2 is 1.68 bits per heavy atom. The highest BCUT2D eigenvalue weighted by atomic mass is 16.5. The van der Waals surface area contributed by atoms with Crippen molar-refractivity contribution in [2.75, 3.05) is 6.61 Å². The summed E-state index contributed by atoms with van der Waals surface area (Å²) >= 11 is 0. The van der Waals surface area contributed by atoms with Gasteiger partial charge in [0.15, 0.2) is 0 Å². The van der Waals surface area contributed by atoms with Crippen LogP contribution < -0.4 is 4.74 Å². The molecule has 0 unspecified atom stereocenters. The van der Waals surface area contributed by atoms with Gasteiger partial charge in [-0.25, -0.2) is 4.98 Å². The maximum atomic E-state index is 6.18. The molecule has 0 aromatic carbocycles. The van der Waals surface area contributed by atoms with E-state index in [4.69, 9.17) is 14.5 Å². The number of rotatable bonds is 6. The minimum Gasteiger partial charge on any atom is -0.478 e. The van der Waals surface area contributed by atoms with Crippen LogP contribution in [0, 0.1) is 6.92 Å². The van der Waals surface area contributed by atoms with Crippen molar-refractivity contribution in [1.29, 1.82) is 0 Å². The largest absolute Gasteiger partial charge is 0.478 e. The Hall–Kier alpha value is -1.94. The van der Waals surface area contributed by atoms with E-state index < -0.39 is 5.60 Å². The first-order chi connectivity index (χ1) is 11.6. The maximum absolute atomic E-state index is 6.18. The van der Waals surface area contributed by atoms with Crippen LogP contribution in [0.3, 0.4) is 0 Å². The molecule has 0 fully saturated rings. The lowest BCUT2D eigenvalue weighted by molar-refractivity contribution is -0.0385. The Kier molecular flexibility index (Phi) is 5.83. The number of aryl methyl sites for hydroxylation is 1. The molecule has 0 aliphatic heterocycles. The van der Waals surface area contributed by atoms with Crippen LogP contribution in [0.15, 0.2) is 30.3 Å². The average Bonchev–Trinajstić information content (AvgIpc) is 2.52. The summed E-state index contributed by atoms with van der Waals surface area (Å²) in [4.78, 5) is 9.33. The van der Waals surface area contributed by atoms with Crippen molar-refractivity contribution in [2.24, 2.45) is 0 Å². The molecule has 0 atom stereocenters. The summed E-state index contributed by atoms with van der Waals surface area (Å²) in [6.45, 7) is 15.6. The predicted octanol–water partition coefficient (Wildman–Crippen LogP) is 4.93. The molecule has 0 radical (unpaired) electrons. The summed E-state index contributed by atoms with van der Waals surface area (Å²) in [6, 6.07) is 9.99. The molecule has 0 amide bonds. The molecule has 0 bridgehead atoms. The highest BCUT2D eigenvalue weighted by Gasteiger charge is 2.24. The molecule has 0 aliphatic rings. The number of aromatic nitrogens is 2. The van der Waals surface area contributed by atoms with Crippen LogP contribution >= 0.6 is 0 Å². The fourth-order valence-electron chi connectivity index (χ4n) is 2.50. The third kappa shape index (κ3) is 5.27. The maximum Gasteiger partial charge on any atom is 0.213 e. The van der Waals surface area contributed by atoms with Crippen molar-refractivity contribution in [2.45, 2.75) is 66.1 Å². The quantitative estimate of drug-likeness (QED) is 0.746. The van der Waals surface area contributed by atoms with Crippen LogP contribution in [-0.4, -0.2) is 16.6 Å². The SMILES string of the molecule is CCOc1cccc(C(C)(C)OCc2cc(C)cc(C(C)(C)C)n2)n1. The van der Waals surface area contributed by atoms with Crippen molar-refractivity contribution in [3.8, 4) is 5.88 Å². The Morgan fingerprint density at radius 3 is 2.32 bits per heavy atom. The van der Waals surface area contributed by atoms with E-state index in [1.807, 2.05) is 39.0 Å². The molecule has 0 saturated heterocycles. The molecule has 0 spiro atoms. The number of hydrogen-bond acceptors (Lipinski definition) is 4. The standard InChI is InChI=1S/C21H30N2O2/c1-8-24-19-11-9-10-17(23-19)21(6,7)25-14-16-12-15(2)13-18(22-16)20(3,4)5/h9-13H,8,14H2,1-7H3. The zero-order chi connectivity index (χ0) is 18.7. The first-order valence-corrected chi connectivity index (χ1v) is 8.84. The minimum absolute atomic E-state index is 0.0175. The summed E-state index contributed by atoms with van der Waals surface area (Å²) in [5.41, 5.74) is 3.57. The molecule has 2 heterocycles. The topological polar surface area (TPSA) is 44.2 Å². The molecular formula is C21H30N2O2. The average molecular weight is 342 g/mol. The van der Waals surface area contributed by atoms with Crippen LogP contribution in [0.25, 0.3) is 0 Å². The summed E-state index contributed by atoms with van der Waals surface area (Å²) in [7, 11) is 0. The number of pyridine rings is 2. The fourth-order valence-corrected chi connectivity index (χ4v) is 2.50. The van der Waals surface area contributed by atoms with E-state index in [1.54, 1.807) is 0 Å². The van der Waals surface area contributed by atoms with Gasteiger partial charge in [0.1, 0.15) is 5.60 Å². The lowest BCUT2D eigenvalue weighted by Crippen LogP contribution is -2.24. The monoisotopic (exact) mass is 342 g/mol. The summed E-state index contributed by atoms with van der Waals surface area (Å²) < 4.78 is 11.7. The van der Waals surface area contributed by atoms with Crippen molar-refractivity contribution in [1.82, 2.24) is 9.97 Å². The highest BCUT2D eigenvalue weighted by molar-refractivity contribution is 5.24. The van der Waals surface area contributed by atoms with Crippen LogP contribution in [0.1, 0.15) is 64.2 Å². The van der Waals surface area contributed by atoms with Crippen molar-refractivity contribution in [3.63, 3.8) is 0 Å². The van der Waals surface area contributed by atoms with E-state index in [-0.39, 0.29) is 5.41 Å². The zero-order valence-corrected chi connectivity index (χ0v) is 16.5. The predicted molar refractivity (Wildman–Crippen MR) is 101 cm³/mol. The zero-order valence-electron chi connectivity index (χ0n) is 16.5. The van der Waals surface area contributed by atoms with Crippen LogP contribution in [0.5, 0.6) is 5.88 Å². The van der Waals surface area contributed by atoms with Gasteiger partial charge in [0.05, 0.1) is 24.6 Å². The molecule has 2 aromatic rings. The van der Waals surface area contributed by atoms with Crippen LogP contribution in [0.4, 0.5) is 0 Å². The van der Waals surface area contributed by atoms with Crippen molar-refractivity contribution >= 4 is 0 Å². The van der Waals surface area contributed by atoms with Crippen LogP contribution in [0.2, 0.25) is 0 Å². The first-order valence-electron chi connectivity index (χ1n) is 8.84. The lowest BCUT2D eigenvalue weighted by atomic mass is 9.90. The van der Waals surface area contributed by atoms with Gasteiger partial charge in [-0.1, -0.05) is 26.8 Å². The second-order valence-corrected chi connectivity index (χ2v) is 7.86. The van der Waals surface area contributed by atoms with Gasteiger partial charge >= 0.3 is 0 Å². The van der Waals surface area contributed by atoms with Gasteiger partial charge in [-0.15, -0.1) is 0 Å². The second-order valence-electron chi connectivity index (χ2n) is 7.86. The molecular weight excluding hydrogens is 312 g/mol. The van der Waals surface area contributed by atoms with E-state index in [9.17, 15) is 0 Å². The fraction of sp³-hybridized carbons (Fsp3) is 0.524. The van der Waals surface area contributed by atoms with Gasteiger partial charge in [0, 0.05) is 17.2 Å². The molecule has 2 rings (SSSR count). The van der Waals surface area contributed by atoms with E-state index in [0.717, 1.165) is 17.1 Å². The number of nitrogens with zero attached hydrogens (tertiary/aromatic N) is 2. The van der Waals surface area contributed by atoms with Gasteiger partial charge in [-0.05, 0) is 51.5 Å². The van der Waals surface area contributed by atoms with Crippen molar-refractivity contribution < 1.29 is 9.47 Å². The molecule has 2 aromatic heterocycles. The molecule has 25 heavy (non-hydrogen) atoms. The Morgan fingerprint density at radius 1 is 0.960 bits per heavy atom. The molecule has 4 nitrogen and oxygen atoms in total. The summed E-state index contributed by atoms with van der Waals surface area (Å²) in [6.07, 6.45) is 0. The lowest BCUT2D eigenvalue weighted by Gasteiger charge is -2.26. The van der Waals surface area contributed by atoms with Gasteiger partial charge in [0.25, 0.3) is 0 Å². The Labute approximate surface area is 151 Å². The third-order valence-corrected chi connectivity index (χ3v) is 4.00. The normalized spacial score (nSPS) is 12.3. The smallest absolute Gasteiger partial charge is 0.213 e. The molecule has 4 heteroatoms. The van der Waals surface area contributed by atoms with Gasteiger partial charge in [0.2, 0.25) is 5.88 Å².